The maximum atomic E-state index is 12.3. The third-order valence-electron chi connectivity index (χ3n) is 4.46. The minimum absolute atomic E-state index is 0.0888. The fourth-order valence-electron chi connectivity index (χ4n) is 3.34. The molecule has 0 radical (unpaired) electrons. The lowest BCUT2D eigenvalue weighted by Gasteiger charge is -2.52. The molecule has 0 unspecified atom stereocenters. The van der Waals surface area contributed by atoms with Gasteiger partial charge < -0.3 is 9.64 Å². The Morgan fingerprint density at radius 3 is 2.47 bits per heavy atom. The zero-order valence-corrected chi connectivity index (χ0v) is 12.4. The summed E-state index contributed by atoms with van der Waals surface area (Å²) in [5, 5.41) is 0. The SMILES string of the molecule is CC(C)[C@@H]1[C@H](C(C)C)CN1C(=O)C[C@@H]1COC(=O)C1. The van der Waals surface area contributed by atoms with Crippen molar-refractivity contribution in [1.29, 1.82) is 0 Å². The van der Waals surface area contributed by atoms with Crippen LogP contribution in [-0.4, -0.2) is 36.0 Å². The fraction of sp³-hybridized carbons (Fsp3) is 0.867. The van der Waals surface area contributed by atoms with Crippen LogP contribution in [0.25, 0.3) is 0 Å². The normalized spacial score (nSPS) is 30.7. The third-order valence-corrected chi connectivity index (χ3v) is 4.46. The second-order valence-electron chi connectivity index (χ2n) is 6.65. The van der Waals surface area contributed by atoms with Gasteiger partial charge in [0.05, 0.1) is 13.0 Å². The molecule has 0 aromatic heterocycles. The smallest absolute Gasteiger partial charge is 0.306 e. The summed E-state index contributed by atoms with van der Waals surface area (Å²) in [7, 11) is 0. The highest BCUT2D eigenvalue weighted by atomic mass is 16.5. The summed E-state index contributed by atoms with van der Waals surface area (Å²) in [5.41, 5.74) is 0. The van der Waals surface area contributed by atoms with Crippen LogP contribution in [0.1, 0.15) is 40.5 Å². The molecule has 0 spiro atoms. The van der Waals surface area contributed by atoms with Crippen molar-refractivity contribution in [3.63, 3.8) is 0 Å². The Bertz CT molecular complexity index is 364. The number of carbonyl (C=O) groups excluding carboxylic acids is 2. The molecule has 0 saturated carbocycles. The molecule has 2 aliphatic heterocycles. The van der Waals surface area contributed by atoms with Crippen LogP contribution in [-0.2, 0) is 14.3 Å². The van der Waals surface area contributed by atoms with Gasteiger partial charge in [-0.05, 0) is 17.8 Å². The highest BCUT2D eigenvalue weighted by molar-refractivity contribution is 5.79. The molecular weight excluding hydrogens is 242 g/mol. The zero-order valence-electron chi connectivity index (χ0n) is 12.4. The third kappa shape index (κ3) is 2.93. The Morgan fingerprint density at radius 1 is 1.32 bits per heavy atom. The first-order valence-corrected chi connectivity index (χ1v) is 7.35. The molecule has 2 saturated heterocycles. The van der Waals surface area contributed by atoms with Gasteiger partial charge in [-0.1, -0.05) is 27.7 Å². The maximum absolute atomic E-state index is 12.3. The highest BCUT2D eigenvalue weighted by Crippen LogP contribution is 2.36. The molecule has 2 rings (SSSR count). The van der Waals surface area contributed by atoms with Crippen molar-refractivity contribution in [1.82, 2.24) is 4.90 Å². The van der Waals surface area contributed by atoms with Crippen LogP contribution in [0, 0.1) is 23.7 Å². The summed E-state index contributed by atoms with van der Waals surface area (Å²) in [6.45, 7) is 10.1. The quantitative estimate of drug-likeness (QED) is 0.733. The number of hydrogen-bond acceptors (Lipinski definition) is 3. The topological polar surface area (TPSA) is 46.6 Å². The average Bonchev–Trinajstić information content (AvgIpc) is 2.60. The molecule has 2 fully saturated rings. The number of likely N-dealkylation sites (tertiary alicyclic amines) is 1. The Hall–Kier alpha value is -1.06. The second kappa shape index (κ2) is 5.51. The van der Waals surface area contributed by atoms with Crippen LogP contribution in [0.2, 0.25) is 0 Å². The molecule has 4 heteroatoms. The van der Waals surface area contributed by atoms with Crippen molar-refractivity contribution in [3.8, 4) is 0 Å². The lowest BCUT2D eigenvalue weighted by Crippen LogP contribution is -2.62. The Labute approximate surface area is 115 Å². The van der Waals surface area contributed by atoms with Gasteiger partial charge in [0.2, 0.25) is 5.91 Å². The number of hydrogen-bond donors (Lipinski definition) is 0. The van der Waals surface area contributed by atoms with Crippen LogP contribution in [0.3, 0.4) is 0 Å². The first-order chi connectivity index (χ1) is 8.90. The van der Waals surface area contributed by atoms with E-state index in [-0.39, 0.29) is 17.8 Å². The van der Waals surface area contributed by atoms with Gasteiger partial charge in [0.25, 0.3) is 0 Å². The van der Waals surface area contributed by atoms with Gasteiger partial charge >= 0.3 is 5.97 Å². The summed E-state index contributed by atoms with van der Waals surface area (Å²) < 4.78 is 4.92. The molecule has 0 aromatic rings. The van der Waals surface area contributed by atoms with E-state index in [1.807, 2.05) is 4.90 Å². The molecule has 0 aliphatic carbocycles. The lowest BCUT2D eigenvalue weighted by molar-refractivity contribution is -0.150. The van der Waals surface area contributed by atoms with Crippen LogP contribution >= 0.6 is 0 Å². The van der Waals surface area contributed by atoms with E-state index in [2.05, 4.69) is 27.7 Å². The van der Waals surface area contributed by atoms with Gasteiger partial charge in [0.1, 0.15) is 0 Å². The predicted molar refractivity (Wildman–Crippen MR) is 72.4 cm³/mol. The number of amides is 1. The van der Waals surface area contributed by atoms with E-state index in [4.69, 9.17) is 4.74 Å². The van der Waals surface area contributed by atoms with Crippen LogP contribution in [0.15, 0.2) is 0 Å². The summed E-state index contributed by atoms with van der Waals surface area (Å²) in [5.74, 6) is 1.84. The predicted octanol–water partition coefficient (Wildman–Crippen LogP) is 2.08. The first kappa shape index (κ1) is 14.4. The van der Waals surface area contributed by atoms with Crippen molar-refractivity contribution in [2.24, 2.45) is 23.7 Å². The van der Waals surface area contributed by atoms with Crippen LogP contribution < -0.4 is 0 Å². The summed E-state index contributed by atoms with van der Waals surface area (Å²) >= 11 is 0. The largest absolute Gasteiger partial charge is 0.465 e. The minimum Gasteiger partial charge on any atom is -0.465 e. The lowest BCUT2D eigenvalue weighted by atomic mass is 9.74. The van der Waals surface area contributed by atoms with E-state index in [1.165, 1.54) is 0 Å². The zero-order chi connectivity index (χ0) is 14.2. The summed E-state index contributed by atoms with van der Waals surface area (Å²) in [6, 6.07) is 0.366. The van der Waals surface area contributed by atoms with Crippen molar-refractivity contribution in [2.75, 3.05) is 13.2 Å². The average molecular weight is 267 g/mol. The molecule has 0 aromatic carbocycles. The molecule has 3 atom stereocenters. The van der Waals surface area contributed by atoms with Gasteiger partial charge in [0, 0.05) is 24.9 Å². The van der Waals surface area contributed by atoms with Gasteiger partial charge in [-0.3, -0.25) is 9.59 Å². The Morgan fingerprint density at radius 2 is 2.00 bits per heavy atom. The molecule has 0 bridgehead atoms. The molecule has 19 heavy (non-hydrogen) atoms. The van der Waals surface area contributed by atoms with Crippen molar-refractivity contribution in [2.45, 2.75) is 46.6 Å². The molecule has 108 valence electrons. The Kier molecular flexibility index (Phi) is 4.16. The highest BCUT2D eigenvalue weighted by Gasteiger charge is 2.45. The maximum Gasteiger partial charge on any atom is 0.306 e. The van der Waals surface area contributed by atoms with Gasteiger partial charge in [-0.15, -0.1) is 0 Å². The summed E-state index contributed by atoms with van der Waals surface area (Å²) in [6.07, 6.45) is 0.860. The monoisotopic (exact) mass is 267 g/mol. The molecular formula is C15H25NO3. The number of rotatable bonds is 4. The van der Waals surface area contributed by atoms with Gasteiger partial charge in [0.15, 0.2) is 0 Å². The number of nitrogens with zero attached hydrogens (tertiary/aromatic N) is 1. The fourth-order valence-corrected chi connectivity index (χ4v) is 3.34. The van der Waals surface area contributed by atoms with Gasteiger partial charge in [-0.25, -0.2) is 0 Å². The van der Waals surface area contributed by atoms with E-state index < -0.39 is 0 Å². The number of carbonyl (C=O) groups is 2. The first-order valence-electron chi connectivity index (χ1n) is 7.35. The molecule has 2 heterocycles. The molecule has 4 nitrogen and oxygen atoms in total. The number of esters is 1. The van der Waals surface area contributed by atoms with Gasteiger partial charge in [-0.2, -0.15) is 0 Å². The summed E-state index contributed by atoms with van der Waals surface area (Å²) in [4.78, 5) is 25.4. The van der Waals surface area contributed by atoms with E-state index in [0.717, 1.165) is 6.54 Å². The molecule has 1 amide bonds. The minimum atomic E-state index is -0.165. The van der Waals surface area contributed by atoms with Crippen molar-refractivity contribution < 1.29 is 14.3 Å². The van der Waals surface area contributed by atoms with Crippen molar-refractivity contribution in [3.05, 3.63) is 0 Å². The number of cyclic esters (lactones) is 1. The Balaban J connectivity index is 1.91. The van der Waals surface area contributed by atoms with E-state index in [0.29, 0.717) is 43.2 Å². The second-order valence-corrected chi connectivity index (χ2v) is 6.65. The van der Waals surface area contributed by atoms with E-state index >= 15 is 0 Å². The van der Waals surface area contributed by atoms with Crippen molar-refractivity contribution >= 4 is 11.9 Å². The standard InChI is InChI=1S/C15H25NO3/c1-9(2)12-7-16(15(12)10(3)4)13(17)5-11-6-14(18)19-8-11/h9-12,15H,5-8H2,1-4H3/t11-,12-,15+/m0/s1. The van der Waals surface area contributed by atoms with Crippen LogP contribution in [0.4, 0.5) is 0 Å². The van der Waals surface area contributed by atoms with E-state index in [1.54, 1.807) is 0 Å². The van der Waals surface area contributed by atoms with E-state index in [9.17, 15) is 9.59 Å². The number of ether oxygens (including phenoxy) is 1. The molecule has 2 aliphatic rings. The molecule has 0 N–H and O–H groups in total. The van der Waals surface area contributed by atoms with Crippen LogP contribution in [0.5, 0.6) is 0 Å².